The van der Waals surface area contributed by atoms with E-state index in [0.29, 0.717) is 38.8 Å². The molecule has 0 saturated heterocycles. The highest BCUT2D eigenvalue weighted by atomic mass is 16.6. The highest BCUT2D eigenvalue weighted by Gasteiger charge is 2.24. The van der Waals surface area contributed by atoms with Gasteiger partial charge in [0.2, 0.25) is 5.91 Å². The summed E-state index contributed by atoms with van der Waals surface area (Å²) in [7, 11) is 1.68. The first kappa shape index (κ1) is 30.1. The lowest BCUT2D eigenvalue weighted by Crippen LogP contribution is -2.43. The Hall–Kier alpha value is -1.87. The molecule has 0 rings (SSSR count). The van der Waals surface area contributed by atoms with Crippen molar-refractivity contribution in [3.63, 3.8) is 0 Å². The SMILES string of the molecule is COC(C)(C)CCOC(C)(C)CCC(=O)NCCCC[C@H](NC(=O)OC(C)(C)C)C(=O)O. The van der Waals surface area contributed by atoms with Crippen molar-refractivity contribution in [3.05, 3.63) is 0 Å². The average molecular weight is 461 g/mol. The van der Waals surface area contributed by atoms with Gasteiger partial charge >= 0.3 is 12.1 Å². The van der Waals surface area contributed by atoms with E-state index in [2.05, 4.69) is 10.6 Å². The van der Waals surface area contributed by atoms with E-state index < -0.39 is 29.3 Å². The molecule has 188 valence electrons. The fraction of sp³-hybridized carbons (Fsp3) is 0.870. The van der Waals surface area contributed by atoms with E-state index in [-0.39, 0.29) is 17.9 Å². The van der Waals surface area contributed by atoms with Gasteiger partial charge in [0.15, 0.2) is 0 Å². The summed E-state index contributed by atoms with van der Waals surface area (Å²) in [4.78, 5) is 35.2. The molecule has 0 aromatic heterocycles. The van der Waals surface area contributed by atoms with Crippen LogP contribution < -0.4 is 10.6 Å². The molecule has 0 unspecified atom stereocenters. The molecule has 0 aromatic rings. The normalized spacial score (nSPS) is 13.4. The number of carboxylic acid groups (broad SMARTS) is 1. The van der Waals surface area contributed by atoms with Gasteiger partial charge in [-0.3, -0.25) is 4.79 Å². The minimum atomic E-state index is -1.11. The molecule has 0 spiro atoms. The Kier molecular flexibility index (Phi) is 12.8. The first-order valence-electron chi connectivity index (χ1n) is 11.2. The number of ether oxygens (including phenoxy) is 3. The number of alkyl carbamates (subject to hydrolysis) is 1. The van der Waals surface area contributed by atoms with E-state index in [4.69, 9.17) is 14.2 Å². The summed E-state index contributed by atoms with van der Waals surface area (Å²) in [5.74, 6) is -1.18. The number of unbranched alkanes of at least 4 members (excludes halogenated alkanes) is 1. The largest absolute Gasteiger partial charge is 0.480 e. The van der Waals surface area contributed by atoms with Crippen LogP contribution in [0, 0.1) is 0 Å². The van der Waals surface area contributed by atoms with Gasteiger partial charge in [-0.25, -0.2) is 9.59 Å². The number of methoxy groups -OCH3 is 1. The number of hydrogen-bond acceptors (Lipinski definition) is 6. The van der Waals surface area contributed by atoms with Crippen LogP contribution in [0.2, 0.25) is 0 Å². The molecule has 2 amide bonds. The lowest BCUT2D eigenvalue weighted by molar-refractivity contribution is -0.139. The zero-order chi connectivity index (χ0) is 25.0. The van der Waals surface area contributed by atoms with Gasteiger partial charge in [0.05, 0.1) is 17.8 Å². The van der Waals surface area contributed by atoms with Gasteiger partial charge < -0.3 is 30.0 Å². The summed E-state index contributed by atoms with van der Waals surface area (Å²) in [6.07, 6.45) is 2.34. The monoisotopic (exact) mass is 460 g/mol. The third-order valence-corrected chi connectivity index (χ3v) is 4.93. The van der Waals surface area contributed by atoms with Gasteiger partial charge in [-0.2, -0.15) is 0 Å². The molecule has 0 radical (unpaired) electrons. The number of aliphatic carboxylic acids is 1. The molecule has 0 aliphatic carbocycles. The Morgan fingerprint density at radius 2 is 1.56 bits per heavy atom. The van der Waals surface area contributed by atoms with Crippen LogP contribution in [-0.4, -0.2) is 66.2 Å². The number of nitrogens with one attached hydrogen (secondary N) is 2. The van der Waals surface area contributed by atoms with Gasteiger partial charge in [-0.15, -0.1) is 0 Å². The predicted molar refractivity (Wildman–Crippen MR) is 123 cm³/mol. The molecule has 0 aromatic carbocycles. The number of carbonyl (C=O) groups excluding carboxylic acids is 2. The highest BCUT2D eigenvalue weighted by molar-refractivity contribution is 5.80. The molecular weight excluding hydrogens is 416 g/mol. The first-order valence-corrected chi connectivity index (χ1v) is 11.2. The second kappa shape index (κ2) is 13.6. The van der Waals surface area contributed by atoms with E-state index in [1.807, 2.05) is 27.7 Å². The minimum Gasteiger partial charge on any atom is -0.480 e. The summed E-state index contributed by atoms with van der Waals surface area (Å²) in [5.41, 5.74) is -1.35. The van der Waals surface area contributed by atoms with Crippen LogP contribution >= 0.6 is 0 Å². The maximum Gasteiger partial charge on any atom is 0.408 e. The number of amides is 2. The van der Waals surface area contributed by atoms with Crippen LogP contribution in [0.15, 0.2) is 0 Å². The molecule has 0 aliphatic heterocycles. The Bertz CT molecular complexity index is 598. The second-order valence-corrected chi connectivity index (χ2v) is 10.2. The number of carbonyl (C=O) groups is 3. The number of hydrogen-bond donors (Lipinski definition) is 3. The lowest BCUT2D eigenvalue weighted by Gasteiger charge is -2.28. The quantitative estimate of drug-likeness (QED) is 0.319. The molecule has 32 heavy (non-hydrogen) atoms. The molecule has 0 aliphatic rings. The Morgan fingerprint density at radius 1 is 0.938 bits per heavy atom. The maximum absolute atomic E-state index is 12.1. The third-order valence-electron chi connectivity index (χ3n) is 4.93. The van der Waals surface area contributed by atoms with Crippen LogP contribution in [0.4, 0.5) is 4.79 Å². The summed E-state index contributed by atoms with van der Waals surface area (Å²) < 4.78 is 16.4. The van der Waals surface area contributed by atoms with E-state index in [1.54, 1.807) is 27.9 Å². The second-order valence-electron chi connectivity index (χ2n) is 10.2. The molecule has 0 bridgehead atoms. The van der Waals surface area contributed by atoms with Crippen molar-refractivity contribution in [1.82, 2.24) is 10.6 Å². The number of carboxylic acids is 1. The molecule has 3 N–H and O–H groups in total. The van der Waals surface area contributed by atoms with Gasteiger partial charge in [0.25, 0.3) is 0 Å². The van der Waals surface area contributed by atoms with Crippen LogP contribution in [0.25, 0.3) is 0 Å². The van der Waals surface area contributed by atoms with Crippen molar-refractivity contribution in [2.45, 2.75) is 110 Å². The van der Waals surface area contributed by atoms with Crippen LogP contribution in [0.1, 0.15) is 87.0 Å². The van der Waals surface area contributed by atoms with Gasteiger partial charge in [-0.1, -0.05) is 0 Å². The Balaban J connectivity index is 4.12. The van der Waals surface area contributed by atoms with E-state index in [1.165, 1.54) is 0 Å². The molecule has 9 heteroatoms. The van der Waals surface area contributed by atoms with Crippen molar-refractivity contribution in [3.8, 4) is 0 Å². The third kappa shape index (κ3) is 15.9. The van der Waals surface area contributed by atoms with Crippen molar-refractivity contribution in [2.24, 2.45) is 0 Å². The van der Waals surface area contributed by atoms with Crippen molar-refractivity contribution < 1.29 is 33.7 Å². The summed E-state index contributed by atoms with van der Waals surface area (Å²) in [5, 5.41) is 14.5. The average Bonchev–Trinajstić information content (AvgIpc) is 2.63. The van der Waals surface area contributed by atoms with E-state index in [0.717, 1.165) is 6.42 Å². The smallest absolute Gasteiger partial charge is 0.408 e. The Morgan fingerprint density at radius 3 is 2.09 bits per heavy atom. The molecular formula is C23H44N2O7. The maximum atomic E-state index is 12.1. The van der Waals surface area contributed by atoms with Gasteiger partial charge in [-0.05, 0) is 80.6 Å². The number of rotatable bonds is 15. The van der Waals surface area contributed by atoms with E-state index in [9.17, 15) is 19.5 Å². The van der Waals surface area contributed by atoms with Crippen molar-refractivity contribution in [2.75, 3.05) is 20.3 Å². The molecule has 0 heterocycles. The fourth-order valence-corrected chi connectivity index (χ4v) is 2.66. The topological polar surface area (TPSA) is 123 Å². The zero-order valence-corrected chi connectivity index (χ0v) is 21.1. The van der Waals surface area contributed by atoms with E-state index >= 15 is 0 Å². The molecule has 0 fully saturated rings. The van der Waals surface area contributed by atoms with Crippen LogP contribution in [-0.2, 0) is 23.8 Å². The van der Waals surface area contributed by atoms with Crippen molar-refractivity contribution >= 4 is 18.0 Å². The molecule has 0 saturated carbocycles. The molecule has 9 nitrogen and oxygen atoms in total. The van der Waals surface area contributed by atoms with Crippen molar-refractivity contribution in [1.29, 1.82) is 0 Å². The fourth-order valence-electron chi connectivity index (χ4n) is 2.66. The Labute approximate surface area is 192 Å². The first-order chi connectivity index (χ1) is 14.6. The van der Waals surface area contributed by atoms with Crippen LogP contribution in [0.3, 0.4) is 0 Å². The molecule has 1 atom stereocenters. The summed E-state index contributed by atoms with van der Waals surface area (Å²) in [6, 6.07) is -1.03. The summed E-state index contributed by atoms with van der Waals surface area (Å²) in [6.45, 7) is 14.1. The standard InChI is InChI=1S/C23H44N2O7/c1-21(2,3)32-20(29)25-17(19(27)28)11-9-10-15-24-18(26)12-13-23(6,7)31-16-14-22(4,5)30-8/h17H,9-16H2,1-8H3,(H,24,26)(H,25,29)(H,27,28)/t17-/m0/s1. The zero-order valence-electron chi connectivity index (χ0n) is 21.1. The predicted octanol–water partition coefficient (Wildman–Crippen LogP) is 3.64. The van der Waals surface area contributed by atoms with Gasteiger partial charge in [0, 0.05) is 20.1 Å². The minimum absolute atomic E-state index is 0.0689. The van der Waals surface area contributed by atoms with Gasteiger partial charge in [0.1, 0.15) is 11.6 Å². The summed E-state index contributed by atoms with van der Waals surface area (Å²) >= 11 is 0. The highest BCUT2D eigenvalue weighted by Crippen LogP contribution is 2.20. The lowest BCUT2D eigenvalue weighted by atomic mass is 10.0. The van der Waals surface area contributed by atoms with Crippen LogP contribution in [0.5, 0.6) is 0 Å².